The fourth-order valence-electron chi connectivity index (χ4n) is 6.61. The van der Waals surface area contributed by atoms with Crippen LogP contribution in [0.15, 0.2) is 42.5 Å². The second-order valence-electron chi connectivity index (χ2n) is 11.1. The lowest BCUT2D eigenvalue weighted by Gasteiger charge is -2.29. The van der Waals surface area contributed by atoms with Crippen molar-refractivity contribution in [2.75, 3.05) is 0 Å². The Kier molecular flexibility index (Phi) is 9.24. The average Bonchev–Trinajstić information content (AvgIpc) is 2.85. The molecule has 2 heteroatoms. The highest BCUT2D eigenvalue weighted by molar-refractivity contribution is 6.59. The van der Waals surface area contributed by atoms with E-state index in [1.807, 2.05) is 12.1 Å². The summed E-state index contributed by atoms with van der Waals surface area (Å²) in [6.45, 7) is 4.59. The van der Waals surface area contributed by atoms with E-state index in [-0.39, 0.29) is 5.82 Å². The minimum Gasteiger partial charge on any atom is -0.206 e. The van der Waals surface area contributed by atoms with Crippen molar-refractivity contribution in [2.45, 2.75) is 114 Å². The van der Waals surface area contributed by atoms with Crippen LogP contribution in [0.3, 0.4) is 0 Å². The number of unbranched alkanes of at least 4 members (excludes halogenated alkanes) is 2. The fourth-order valence-corrected chi connectivity index (χ4v) is 10.1. The molecule has 2 fully saturated rings. The van der Waals surface area contributed by atoms with Crippen molar-refractivity contribution < 1.29 is 4.39 Å². The molecule has 0 atom stereocenters. The van der Waals surface area contributed by atoms with Gasteiger partial charge in [0.15, 0.2) is 0 Å². The largest absolute Gasteiger partial charge is 0.206 e. The third kappa shape index (κ3) is 6.59. The predicted molar refractivity (Wildman–Crippen MR) is 145 cm³/mol. The highest BCUT2D eigenvalue weighted by Crippen LogP contribution is 2.39. The van der Waals surface area contributed by atoms with Crippen LogP contribution in [0.4, 0.5) is 4.39 Å². The minimum absolute atomic E-state index is 0.0467. The highest BCUT2D eigenvalue weighted by Gasteiger charge is 2.24. The van der Waals surface area contributed by atoms with Crippen LogP contribution in [-0.4, -0.2) is 8.80 Å². The second kappa shape index (κ2) is 12.3. The van der Waals surface area contributed by atoms with Gasteiger partial charge in [0.05, 0.1) is 0 Å². The summed E-state index contributed by atoms with van der Waals surface area (Å²) in [5.41, 5.74) is 4.47. The zero-order chi connectivity index (χ0) is 23.0. The van der Waals surface area contributed by atoms with Crippen molar-refractivity contribution in [2.24, 2.45) is 5.92 Å². The van der Waals surface area contributed by atoms with E-state index in [1.165, 1.54) is 93.8 Å². The normalized spacial score (nSPS) is 25.8. The van der Waals surface area contributed by atoms with Gasteiger partial charge in [-0.2, -0.15) is 0 Å². The first-order chi connectivity index (χ1) is 16.2. The topological polar surface area (TPSA) is 0 Å². The summed E-state index contributed by atoms with van der Waals surface area (Å²) in [6.07, 6.45) is 14.7. The third-order valence-corrected chi connectivity index (χ3v) is 12.3. The number of benzene rings is 2. The maximum Gasteiger partial charge on any atom is 0.131 e. The molecule has 0 aromatic heterocycles. The van der Waals surface area contributed by atoms with Gasteiger partial charge in [0.25, 0.3) is 0 Å². The van der Waals surface area contributed by atoms with Crippen LogP contribution in [-0.2, 0) is 0 Å². The van der Waals surface area contributed by atoms with Gasteiger partial charge in [0, 0.05) is 14.4 Å². The van der Waals surface area contributed by atoms with E-state index >= 15 is 4.39 Å². The summed E-state index contributed by atoms with van der Waals surface area (Å²) in [6, 6.07) is 19.5. The van der Waals surface area contributed by atoms with Gasteiger partial charge in [0.1, 0.15) is 5.82 Å². The third-order valence-electron chi connectivity index (χ3n) is 8.76. The molecule has 2 aliphatic rings. The molecule has 4 rings (SSSR count). The zero-order valence-electron chi connectivity index (χ0n) is 21.1. The van der Waals surface area contributed by atoms with Crippen LogP contribution in [0, 0.1) is 11.7 Å². The maximum atomic E-state index is 15.1. The Morgan fingerprint density at radius 3 is 2.06 bits per heavy atom. The molecule has 0 unspecified atom stereocenters. The molecule has 1 aliphatic heterocycles. The van der Waals surface area contributed by atoms with E-state index in [1.54, 1.807) is 6.04 Å². The van der Waals surface area contributed by atoms with Crippen LogP contribution in [0.25, 0.3) is 11.1 Å². The number of halogens is 1. The van der Waals surface area contributed by atoms with Crippen LogP contribution >= 0.6 is 0 Å². The smallest absolute Gasteiger partial charge is 0.131 e. The summed E-state index contributed by atoms with van der Waals surface area (Å²) in [7, 11) is -0.460. The molecule has 0 amide bonds. The van der Waals surface area contributed by atoms with Crippen LogP contribution in [0.1, 0.15) is 107 Å². The van der Waals surface area contributed by atoms with E-state index in [0.29, 0.717) is 5.92 Å². The summed E-state index contributed by atoms with van der Waals surface area (Å²) >= 11 is 0. The fraction of sp³-hybridized carbons (Fsp3) is 0.613. The van der Waals surface area contributed by atoms with Crippen molar-refractivity contribution in [1.82, 2.24) is 0 Å². The summed E-state index contributed by atoms with van der Waals surface area (Å²) in [5, 5.41) is 0. The Hall–Kier alpha value is -1.41. The van der Waals surface area contributed by atoms with Gasteiger partial charge in [-0.05, 0) is 79.0 Å². The molecular weight excluding hydrogens is 419 g/mol. The van der Waals surface area contributed by atoms with E-state index in [9.17, 15) is 0 Å². The van der Waals surface area contributed by atoms with Crippen LogP contribution in [0.5, 0.6) is 0 Å². The van der Waals surface area contributed by atoms with Gasteiger partial charge in [-0.1, -0.05) is 100 Å². The summed E-state index contributed by atoms with van der Waals surface area (Å²) in [5.74, 6) is 2.12. The van der Waals surface area contributed by atoms with Gasteiger partial charge < -0.3 is 0 Å². The first-order valence-corrected chi connectivity index (χ1v) is 16.5. The Morgan fingerprint density at radius 2 is 1.42 bits per heavy atom. The predicted octanol–water partition coefficient (Wildman–Crippen LogP) is 9.86. The SMILES string of the molecule is CCCCC[SiH]1CCC(c2ccc(-c3ccc(C4CCC(CCC)CC4)cc3F)cc2)CC1. The first-order valence-electron chi connectivity index (χ1n) is 14.1. The van der Waals surface area contributed by atoms with Gasteiger partial charge in [0.2, 0.25) is 0 Å². The standard InChI is InChI=1S/C31H45FSi/c1-3-5-6-20-33-21-18-27(19-22-33)25-12-14-28(15-13-25)30-17-16-29(23-31(30)32)26-10-8-24(7-4-2)9-11-26/h12-17,23-24,26-27,33H,3-11,18-22H2,1-2H3. The summed E-state index contributed by atoms with van der Waals surface area (Å²) < 4.78 is 15.1. The van der Waals surface area contributed by atoms with Crippen LogP contribution in [0.2, 0.25) is 18.1 Å². The number of hydrogen-bond acceptors (Lipinski definition) is 0. The van der Waals surface area contributed by atoms with Gasteiger partial charge in [-0.25, -0.2) is 4.39 Å². The Bertz CT molecular complexity index is 842. The minimum atomic E-state index is -0.460. The Morgan fingerprint density at radius 1 is 0.758 bits per heavy atom. The molecule has 0 N–H and O–H groups in total. The van der Waals surface area contributed by atoms with Crippen molar-refractivity contribution >= 4 is 8.80 Å². The molecular formula is C31H45FSi. The summed E-state index contributed by atoms with van der Waals surface area (Å²) in [4.78, 5) is 0. The molecule has 0 nitrogen and oxygen atoms in total. The van der Waals surface area contributed by atoms with Crippen molar-refractivity contribution in [3.8, 4) is 11.1 Å². The molecule has 0 radical (unpaired) electrons. The quantitative estimate of drug-likeness (QED) is 0.256. The molecule has 0 spiro atoms. The molecule has 33 heavy (non-hydrogen) atoms. The lowest BCUT2D eigenvalue weighted by Crippen LogP contribution is -2.20. The van der Waals surface area contributed by atoms with Crippen molar-refractivity contribution in [3.05, 3.63) is 59.4 Å². The molecule has 1 heterocycles. The molecule has 1 saturated carbocycles. The molecule has 1 aliphatic carbocycles. The van der Waals surface area contributed by atoms with Gasteiger partial charge in [-0.3, -0.25) is 0 Å². The molecule has 2 aromatic carbocycles. The van der Waals surface area contributed by atoms with Crippen LogP contribution < -0.4 is 0 Å². The van der Waals surface area contributed by atoms with Crippen molar-refractivity contribution in [3.63, 3.8) is 0 Å². The first kappa shape index (κ1) is 24.7. The average molecular weight is 465 g/mol. The van der Waals surface area contributed by atoms with Crippen molar-refractivity contribution in [1.29, 1.82) is 0 Å². The second-order valence-corrected chi connectivity index (χ2v) is 14.5. The Balaban J connectivity index is 1.33. The lowest BCUT2D eigenvalue weighted by atomic mass is 9.77. The van der Waals surface area contributed by atoms with E-state index < -0.39 is 8.80 Å². The van der Waals surface area contributed by atoms with Gasteiger partial charge >= 0.3 is 0 Å². The van der Waals surface area contributed by atoms with E-state index in [4.69, 9.17) is 0 Å². The number of rotatable bonds is 9. The lowest BCUT2D eigenvalue weighted by molar-refractivity contribution is 0.308. The molecule has 180 valence electrons. The molecule has 0 bridgehead atoms. The monoisotopic (exact) mass is 464 g/mol. The van der Waals surface area contributed by atoms with E-state index in [0.717, 1.165) is 23.0 Å². The molecule has 1 saturated heterocycles. The van der Waals surface area contributed by atoms with Gasteiger partial charge in [-0.15, -0.1) is 0 Å². The van der Waals surface area contributed by atoms with E-state index in [2.05, 4.69) is 44.2 Å². The Labute approximate surface area is 204 Å². The maximum absolute atomic E-state index is 15.1. The zero-order valence-corrected chi connectivity index (χ0v) is 22.3. The number of hydrogen-bond donors (Lipinski definition) is 0. The molecule has 2 aromatic rings. The highest BCUT2D eigenvalue weighted by atomic mass is 28.3.